The van der Waals surface area contributed by atoms with Crippen molar-refractivity contribution < 1.29 is 9.90 Å². The molecule has 0 saturated carbocycles. The van der Waals surface area contributed by atoms with E-state index < -0.39 is 6.09 Å². The fourth-order valence-electron chi connectivity index (χ4n) is 3.67. The van der Waals surface area contributed by atoms with Crippen LogP contribution in [0.3, 0.4) is 0 Å². The Morgan fingerprint density at radius 3 is 2.66 bits per heavy atom. The van der Waals surface area contributed by atoms with E-state index in [1.54, 1.807) is 10.9 Å². The highest BCUT2D eigenvalue weighted by atomic mass is 16.4. The number of carboxylic acid groups (broad SMARTS) is 1. The lowest BCUT2D eigenvalue weighted by atomic mass is 10.1. The molecule has 1 N–H and O–H groups in total. The third-order valence-electron chi connectivity index (χ3n) is 5.28. The van der Waals surface area contributed by atoms with E-state index in [-0.39, 0.29) is 0 Å². The molecule has 1 aliphatic heterocycles. The zero-order valence-corrected chi connectivity index (χ0v) is 15.9. The Morgan fingerprint density at radius 1 is 1.07 bits per heavy atom. The van der Waals surface area contributed by atoms with Crippen molar-refractivity contribution in [3.63, 3.8) is 0 Å². The highest BCUT2D eigenvalue weighted by molar-refractivity contribution is 5.93. The molecule has 1 saturated heterocycles. The molecule has 1 aromatic carbocycles. The molecule has 5 rings (SSSR count). The summed E-state index contributed by atoms with van der Waals surface area (Å²) in [5.74, 6) is 0.578. The molecule has 0 aliphatic carbocycles. The average molecular weight is 389 g/mol. The van der Waals surface area contributed by atoms with Crippen LogP contribution >= 0.6 is 0 Å². The summed E-state index contributed by atoms with van der Waals surface area (Å²) in [5.41, 5.74) is 3.34. The number of para-hydroxylation sites is 1. The van der Waals surface area contributed by atoms with Crippen LogP contribution in [0.4, 0.5) is 10.7 Å². The van der Waals surface area contributed by atoms with Gasteiger partial charge in [0.25, 0.3) is 0 Å². The van der Waals surface area contributed by atoms with Gasteiger partial charge in [0, 0.05) is 50.4 Å². The van der Waals surface area contributed by atoms with Gasteiger partial charge in [0.2, 0.25) is 5.95 Å². The predicted octanol–water partition coefficient (Wildman–Crippen LogP) is 2.38. The van der Waals surface area contributed by atoms with Gasteiger partial charge in [0.05, 0.1) is 22.8 Å². The number of hydrogen-bond acceptors (Lipinski definition) is 6. The van der Waals surface area contributed by atoms with E-state index in [0.717, 1.165) is 33.2 Å². The summed E-state index contributed by atoms with van der Waals surface area (Å²) in [6.07, 6.45) is 2.70. The van der Waals surface area contributed by atoms with Crippen molar-refractivity contribution in [1.82, 2.24) is 29.6 Å². The summed E-state index contributed by atoms with van der Waals surface area (Å²) in [6, 6.07) is 10.0. The van der Waals surface area contributed by atoms with E-state index in [2.05, 4.69) is 16.1 Å². The number of nitrogens with zero attached hydrogens (tertiary/aromatic N) is 7. The smallest absolute Gasteiger partial charge is 0.407 e. The number of anilines is 1. The van der Waals surface area contributed by atoms with E-state index in [0.29, 0.717) is 32.1 Å². The van der Waals surface area contributed by atoms with Crippen molar-refractivity contribution in [3.05, 3.63) is 42.7 Å². The fourth-order valence-corrected chi connectivity index (χ4v) is 3.67. The molecule has 0 atom stereocenters. The fraction of sp³-hybridized carbons (Fsp3) is 0.250. The molecule has 1 amide bonds. The van der Waals surface area contributed by atoms with Gasteiger partial charge in [-0.05, 0) is 12.1 Å². The maximum Gasteiger partial charge on any atom is 0.407 e. The third kappa shape index (κ3) is 3.00. The van der Waals surface area contributed by atoms with E-state index in [9.17, 15) is 9.90 Å². The van der Waals surface area contributed by atoms with Crippen molar-refractivity contribution in [2.45, 2.75) is 0 Å². The monoisotopic (exact) mass is 389 g/mol. The number of amides is 1. The summed E-state index contributed by atoms with van der Waals surface area (Å²) in [7, 11) is 1.85. The minimum Gasteiger partial charge on any atom is -0.465 e. The van der Waals surface area contributed by atoms with Crippen LogP contribution in [0.5, 0.6) is 0 Å². The molecule has 0 spiro atoms. The van der Waals surface area contributed by atoms with Crippen LogP contribution < -0.4 is 4.90 Å². The number of carbonyl (C=O) groups is 1. The molecule has 9 heteroatoms. The molecule has 4 aromatic rings. The first-order valence-electron chi connectivity index (χ1n) is 9.38. The molecular formula is C20H19N7O2. The van der Waals surface area contributed by atoms with Crippen LogP contribution in [0.1, 0.15) is 0 Å². The first-order chi connectivity index (χ1) is 14.1. The van der Waals surface area contributed by atoms with Crippen LogP contribution in [0.25, 0.3) is 33.2 Å². The molecular weight excluding hydrogens is 370 g/mol. The number of hydrogen-bond donors (Lipinski definition) is 1. The minimum absolute atomic E-state index is 0.426. The first-order valence-corrected chi connectivity index (χ1v) is 9.38. The number of benzene rings is 1. The topological polar surface area (TPSA) is 100 Å². The Balaban J connectivity index is 1.60. The number of aryl methyl sites for hydroxylation is 1. The lowest BCUT2D eigenvalue weighted by Crippen LogP contribution is -2.48. The first kappa shape index (κ1) is 17.4. The summed E-state index contributed by atoms with van der Waals surface area (Å²) >= 11 is 0. The van der Waals surface area contributed by atoms with Gasteiger partial charge in [0.15, 0.2) is 5.65 Å². The van der Waals surface area contributed by atoms with Gasteiger partial charge in [-0.15, -0.1) is 0 Å². The highest BCUT2D eigenvalue weighted by Crippen LogP contribution is 2.29. The molecule has 0 bridgehead atoms. The number of piperazine rings is 1. The van der Waals surface area contributed by atoms with Crippen molar-refractivity contribution in [2.24, 2.45) is 7.05 Å². The van der Waals surface area contributed by atoms with Crippen LogP contribution in [0, 0.1) is 0 Å². The average Bonchev–Trinajstić information content (AvgIpc) is 3.13. The van der Waals surface area contributed by atoms with Gasteiger partial charge in [0.1, 0.15) is 0 Å². The van der Waals surface area contributed by atoms with E-state index >= 15 is 0 Å². The number of fused-ring (bicyclic) bond motifs is 2. The Kier molecular flexibility index (Phi) is 4.01. The molecule has 9 nitrogen and oxygen atoms in total. The molecule has 1 aliphatic rings. The van der Waals surface area contributed by atoms with Crippen LogP contribution in [0.2, 0.25) is 0 Å². The van der Waals surface area contributed by atoms with Crippen LogP contribution in [-0.2, 0) is 7.05 Å². The normalized spacial score (nSPS) is 14.7. The summed E-state index contributed by atoms with van der Waals surface area (Å²) in [5, 5.41) is 15.4. The Morgan fingerprint density at radius 2 is 1.86 bits per heavy atom. The number of rotatable bonds is 2. The lowest BCUT2D eigenvalue weighted by Gasteiger charge is -2.33. The maximum atomic E-state index is 11.2. The lowest BCUT2D eigenvalue weighted by molar-refractivity contribution is 0.142. The predicted molar refractivity (Wildman–Crippen MR) is 109 cm³/mol. The van der Waals surface area contributed by atoms with Crippen molar-refractivity contribution in [1.29, 1.82) is 0 Å². The number of aromatic nitrogens is 5. The van der Waals surface area contributed by atoms with E-state index in [4.69, 9.17) is 9.97 Å². The molecule has 1 fully saturated rings. The molecule has 3 aromatic heterocycles. The Labute approximate surface area is 166 Å². The molecule has 29 heavy (non-hydrogen) atoms. The van der Waals surface area contributed by atoms with Crippen LogP contribution in [0.15, 0.2) is 42.7 Å². The molecule has 0 radical (unpaired) electrons. The molecule has 4 heterocycles. The SMILES string of the molecule is Cn1ncc2c(-c3cnc4ccccc4c3)nc(N3CCN(C(=O)O)CC3)nc21. The van der Waals surface area contributed by atoms with E-state index in [1.807, 2.05) is 42.4 Å². The Bertz CT molecular complexity index is 1230. The summed E-state index contributed by atoms with van der Waals surface area (Å²) in [6.45, 7) is 1.94. The van der Waals surface area contributed by atoms with Gasteiger partial charge in [-0.3, -0.25) is 9.67 Å². The molecule has 146 valence electrons. The molecule has 0 unspecified atom stereocenters. The maximum absolute atomic E-state index is 11.2. The van der Waals surface area contributed by atoms with E-state index in [1.165, 1.54) is 4.90 Å². The minimum atomic E-state index is -0.893. The summed E-state index contributed by atoms with van der Waals surface area (Å²) < 4.78 is 1.73. The van der Waals surface area contributed by atoms with Gasteiger partial charge in [-0.25, -0.2) is 9.78 Å². The standard InChI is InChI=1S/C20H19N7O2/c1-25-18-15(12-22-25)17(14-10-13-4-2-3-5-16(13)21-11-14)23-19(24-18)26-6-8-27(9-7-26)20(28)29/h2-5,10-12H,6-9H2,1H3,(H,28,29). The quantitative estimate of drug-likeness (QED) is 0.562. The van der Waals surface area contributed by atoms with Crippen LogP contribution in [-0.4, -0.2) is 67.0 Å². The van der Waals surface area contributed by atoms with Crippen molar-refractivity contribution >= 4 is 34.0 Å². The van der Waals surface area contributed by atoms with Crippen molar-refractivity contribution in [2.75, 3.05) is 31.1 Å². The second kappa shape index (κ2) is 6.69. The summed E-state index contributed by atoms with van der Waals surface area (Å²) in [4.78, 5) is 28.7. The highest BCUT2D eigenvalue weighted by Gasteiger charge is 2.24. The Hall–Kier alpha value is -3.75. The second-order valence-corrected chi connectivity index (χ2v) is 7.05. The number of pyridine rings is 1. The largest absolute Gasteiger partial charge is 0.465 e. The van der Waals surface area contributed by atoms with Crippen molar-refractivity contribution in [3.8, 4) is 11.3 Å². The zero-order valence-electron chi connectivity index (χ0n) is 15.9. The van der Waals surface area contributed by atoms with Gasteiger partial charge >= 0.3 is 6.09 Å². The second-order valence-electron chi connectivity index (χ2n) is 7.05. The third-order valence-corrected chi connectivity index (χ3v) is 5.28. The van der Waals surface area contributed by atoms with Gasteiger partial charge in [-0.2, -0.15) is 10.1 Å². The van der Waals surface area contributed by atoms with Gasteiger partial charge in [-0.1, -0.05) is 18.2 Å². The van der Waals surface area contributed by atoms with Gasteiger partial charge < -0.3 is 14.9 Å². The zero-order chi connectivity index (χ0) is 20.0.